The lowest BCUT2D eigenvalue weighted by atomic mass is 9.87. The normalized spacial score (nSPS) is 15.3. The minimum Gasteiger partial charge on any atom is -0.396 e. The summed E-state index contributed by atoms with van der Waals surface area (Å²) >= 11 is 0. The van der Waals surface area contributed by atoms with Gasteiger partial charge in [-0.15, -0.1) is 0 Å². The van der Waals surface area contributed by atoms with E-state index in [2.05, 4.69) is 42.4 Å². The number of aromatic amines is 1. The van der Waals surface area contributed by atoms with Crippen LogP contribution in [0.15, 0.2) is 30.3 Å². The van der Waals surface area contributed by atoms with Crippen LogP contribution in [0.2, 0.25) is 0 Å². The predicted octanol–water partition coefficient (Wildman–Crippen LogP) is 2.68. The molecule has 0 unspecified atom stereocenters. The number of anilines is 1. The number of H-pyrrole nitrogens is 1. The Hall–Kier alpha value is -2.42. The summed E-state index contributed by atoms with van der Waals surface area (Å²) in [6, 6.07) is 12.4. The molecular formula is C20H24N3O2+. The number of aromatic nitrogens is 1. The van der Waals surface area contributed by atoms with Gasteiger partial charge >= 0.3 is 0 Å². The molecule has 3 N–H and O–H groups in total. The molecule has 1 aliphatic heterocycles. The third-order valence-corrected chi connectivity index (χ3v) is 4.49. The quantitative estimate of drug-likeness (QED) is 0.822. The number of benzene rings is 1. The van der Waals surface area contributed by atoms with Crippen LogP contribution in [0, 0.1) is 11.3 Å². The highest BCUT2D eigenvalue weighted by atomic mass is 16.5. The van der Waals surface area contributed by atoms with Gasteiger partial charge in [0.15, 0.2) is 0 Å². The van der Waals surface area contributed by atoms with Crippen molar-refractivity contribution in [2.45, 2.75) is 38.9 Å². The standard InChI is InChI=1S/C20H23N3O2/c1-20(2)11-15-16(12-21)19(22-9-6-10-24)23-18(17(15)13-25-20)14-7-4-3-5-8-14/h3-5,7-8,24H,6,9-11,13H2,1-2H3,(H,22,23)/p+1. The first-order chi connectivity index (χ1) is 12.1. The van der Waals surface area contributed by atoms with Gasteiger partial charge < -0.3 is 9.84 Å². The zero-order valence-electron chi connectivity index (χ0n) is 14.7. The van der Waals surface area contributed by atoms with Gasteiger partial charge in [-0.25, -0.2) is 4.98 Å². The lowest BCUT2D eigenvalue weighted by Gasteiger charge is -2.32. The molecule has 25 heavy (non-hydrogen) atoms. The van der Waals surface area contributed by atoms with Crippen molar-refractivity contribution in [1.82, 2.24) is 0 Å². The van der Waals surface area contributed by atoms with E-state index < -0.39 is 0 Å². The largest absolute Gasteiger partial charge is 0.396 e. The van der Waals surface area contributed by atoms with Crippen molar-refractivity contribution in [2.24, 2.45) is 0 Å². The molecule has 2 heterocycles. The molecule has 0 amide bonds. The third kappa shape index (κ3) is 3.65. The van der Waals surface area contributed by atoms with Crippen LogP contribution in [0.3, 0.4) is 0 Å². The van der Waals surface area contributed by atoms with Crippen LogP contribution in [-0.2, 0) is 17.8 Å². The van der Waals surface area contributed by atoms with Crippen LogP contribution in [0.1, 0.15) is 37.0 Å². The Morgan fingerprint density at radius 3 is 2.72 bits per heavy atom. The van der Waals surface area contributed by atoms with Gasteiger partial charge in [-0.3, -0.25) is 5.32 Å². The van der Waals surface area contributed by atoms with Crippen molar-refractivity contribution in [3.05, 3.63) is 47.0 Å². The number of nitriles is 1. The van der Waals surface area contributed by atoms with Gasteiger partial charge in [0, 0.05) is 30.6 Å². The van der Waals surface area contributed by atoms with Gasteiger partial charge in [-0.2, -0.15) is 5.26 Å². The van der Waals surface area contributed by atoms with E-state index in [1.165, 1.54) is 0 Å². The summed E-state index contributed by atoms with van der Waals surface area (Å²) in [7, 11) is 0. The topological polar surface area (TPSA) is 79.4 Å². The lowest BCUT2D eigenvalue weighted by molar-refractivity contribution is -0.349. The van der Waals surface area contributed by atoms with E-state index in [0.717, 1.165) is 22.4 Å². The number of rotatable bonds is 5. The van der Waals surface area contributed by atoms with Crippen LogP contribution < -0.4 is 10.3 Å². The molecule has 0 radical (unpaired) electrons. The van der Waals surface area contributed by atoms with Gasteiger partial charge in [0.05, 0.1) is 18.8 Å². The van der Waals surface area contributed by atoms with Crippen molar-refractivity contribution < 1.29 is 14.8 Å². The van der Waals surface area contributed by atoms with Crippen molar-refractivity contribution in [3.63, 3.8) is 0 Å². The van der Waals surface area contributed by atoms with Gasteiger partial charge in [0.2, 0.25) is 0 Å². The molecule has 0 atom stereocenters. The van der Waals surface area contributed by atoms with Gasteiger partial charge in [-0.05, 0) is 19.4 Å². The fourth-order valence-electron chi connectivity index (χ4n) is 3.21. The number of pyridine rings is 1. The highest BCUT2D eigenvalue weighted by molar-refractivity contribution is 5.67. The molecule has 0 saturated carbocycles. The van der Waals surface area contributed by atoms with Crippen LogP contribution in [-0.4, -0.2) is 23.9 Å². The number of nitrogens with zero attached hydrogens (tertiary/aromatic N) is 1. The number of aliphatic hydroxyl groups excluding tert-OH is 1. The fraction of sp³-hybridized carbons (Fsp3) is 0.400. The second-order valence-corrected chi connectivity index (χ2v) is 6.91. The average Bonchev–Trinajstić information content (AvgIpc) is 2.61. The Morgan fingerprint density at radius 2 is 2.04 bits per heavy atom. The second-order valence-electron chi connectivity index (χ2n) is 6.91. The van der Waals surface area contributed by atoms with Crippen molar-refractivity contribution in [1.29, 1.82) is 5.26 Å². The van der Waals surface area contributed by atoms with Gasteiger partial charge in [0.25, 0.3) is 5.82 Å². The molecule has 1 aromatic carbocycles. The maximum absolute atomic E-state index is 9.76. The predicted molar refractivity (Wildman–Crippen MR) is 95.9 cm³/mol. The lowest BCUT2D eigenvalue weighted by Crippen LogP contribution is -2.35. The Morgan fingerprint density at radius 1 is 1.28 bits per heavy atom. The number of hydrogen-bond donors (Lipinski definition) is 2. The maximum atomic E-state index is 9.76. The first-order valence-corrected chi connectivity index (χ1v) is 8.61. The van der Waals surface area contributed by atoms with Crippen LogP contribution in [0.4, 0.5) is 5.82 Å². The molecule has 130 valence electrons. The van der Waals surface area contributed by atoms with Crippen LogP contribution in [0.5, 0.6) is 0 Å². The zero-order chi connectivity index (χ0) is 17.9. The summed E-state index contributed by atoms with van der Waals surface area (Å²) in [5.41, 5.74) is 4.49. The molecular weight excluding hydrogens is 314 g/mol. The van der Waals surface area contributed by atoms with Gasteiger partial charge in [-0.1, -0.05) is 30.3 Å². The summed E-state index contributed by atoms with van der Waals surface area (Å²) in [4.78, 5) is 3.40. The number of hydrogen-bond acceptors (Lipinski definition) is 4. The molecule has 5 heteroatoms. The molecule has 1 aliphatic rings. The van der Waals surface area contributed by atoms with Crippen LogP contribution >= 0.6 is 0 Å². The van der Waals surface area contributed by atoms with Crippen molar-refractivity contribution in [2.75, 3.05) is 18.5 Å². The average molecular weight is 338 g/mol. The Kier molecular flexibility index (Phi) is 5.03. The summed E-state index contributed by atoms with van der Waals surface area (Å²) in [6.45, 7) is 5.30. The van der Waals surface area contributed by atoms with Crippen molar-refractivity contribution in [3.8, 4) is 17.3 Å². The third-order valence-electron chi connectivity index (χ3n) is 4.49. The Bertz CT molecular complexity index is 795. The second kappa shape index (κ2) is 7.22. The fourth-order valence-corrected chi connectivity index (χ4v) is 3.21. The van der Waals surface area contributed by atoms with Crippen molar-refractivity contribution >= 4 is 5.82 Å². The number of fused-ring (bicyclic) bond motifs is 1. The van der Waals surface area contributed by atoms with E-state index in [4.69, 9.17) is 9.84 Å². The maximum Gasteiger partial charge on any atom is 0.291 e. The smallest absolute Gasteiger partial charge is 0.291 e. The van der Waals surface area contributed by atoms with E-state index in [0.29, 0.717) is 37.4 Å². The number of ether oxygens (including phenoxy) is 1. The molecule has 0 bridgehead atoms. The Balaban J connectivity index is 2.15. The summed E-state index contributed by atoms with van der Waals surface area (Å²) < 4.78 is 6.01. The first-order valence-electron chi connectivity index (χ1n) is 8.61. The summed E-state index contributed by atoms with van der Waals surface area (Å²) in [6.07, 6.45) is 1.32. The van der Waals surface area contributed by atoms with Crippen LogP contribution in [0.25, 0.3) is 11.3 Å². The molecule has 0 aliphatic carbocycles. The summed E-state index contributed by atoms with van der Waals surface area (Å²) in [5.74, 6) is 0.714. The van der Waals surface area contributed by atoms with E-state index in [1.807, 2.05) is 18.2 Å². The Labute approximate surface area is 148 Å². The minimum absolute atomic E-state index is 0.117. The van der Waals surface area contributed by atoms with E-state index in [-0.39, 0.29) is 12.2 Å². The highest BCUT2D eigenvalue weighted by Crippen LogP contribution is 2.35. The van der Waals surface area contributed by atoms with Gasteiger partial charge in [0.1, 0.15) is 17.3 Å². The molecule has 0 saturated heterocycles. The molecule has 0 spiro atoms. The molecule has 0 fully saturated rings. The minimum atomic E-state index is -0.295. The summed E-state index contributed by atoms with van der Waals surface area (Å²) in [5, 5.41) is 22.1. The SMILES string of the molecule is CC1(C)Cc2c(C#N)c(NCCCO)[nH+]c(-c3ccccc3)c2CO1. The number of aliphatic hydroxyl groups is 1. The molecule has 5 nitrogen and oxygen atoms in total. The highest BCUT2D eigenvalue weighted by Gasteiger charge is 2.33. The van der Waals surface area contributed by atoms with E-state index in [1.54, 1.807) is 0 Å². The number of nitrogens with one attached hydrogen (secondary N) is 2. The molecule has 1 aromatic heterocycles. The molecule has 2 aromatic rings. The molecule has 3 rings (SSSR count). The zero-order valence-corrected chi connectivity index (χ0v) is 14.7. The van der Waals surface area contributed by atoms with E-state index in [9.17, 15) is 5.26 Å². The van der Waals surface area contributed by atoms with E-state index >= 15 is 0 Å². The first kappa shape index (κ1) is 17.4. The monoisotopic (exact) mass is 338 g/mol.